The maximum Gasteiger partial charge on any atom is 0.311 e. The van der Waals surface area contributed by atoms with Crippen LogP contribution in [-0.2, 0) is 14.3 Å². The molecular formula is C13H18O3. The van der Waals surface area contributed by atoms with Crippen LogP contribution in [0.15, 0.2) is 12.2 Å². The molecule has 1 saturated heterocycles. The average Bonchev–Trinajstić information content (AvgIpc) is 2.92. The molecule has 0 amide bonds. The summed E-state index contributed by atoms with van der Waals surface area (Å²) in [5.74, 6) is 1.11. The summed E-state index contributed by atoms with van der Waals surface area (Å²) >= 11 is 0. The molecule has 0 aromatic carbocycles. The quantitative estimate of drug-likeness (QED) is 0.531. The topological polar surface area (TPSA) is 35.5 Å². The highest BCUT2D eigenvalue weighted by Crippen LogP contribution is 2.44. The normalized spacial score (nSPS) is 41.2. The third-order valence-electron chi connectivity index (χ3n) is 3.97. The van der Waals surface area contributed by atoms with Crippen molar-refractivity contribution in [3.63, 3.8) is 0 Å². The fourth-order valence-corrected chi connectivity index (χ4v) is 3.07. The predicted octanol–water partition coefficient (Wildman–Crippen LogP) is 2.27. The Morgan fingerprint density at radius 3 is 2.81 bits per heavy atom. The van der Waals surface area contributed by atoms with Gasteiger partial charge in [-0.25, -0.2) is 0 Å². The van der Waals surface area contributed by atoms with E-state index in [1.165, 1.54) is 0 Å². The van der Waals surface area contributed by atoms with E-state index in [2.05, 4.69) is 12.2 Å². The minimum Gasteiger partial charge on any atom is -0.436 e. The molecule has 88 valence electrons. The number of carbonyl (C=O) groups excluding carboxylic acids is 1. The number of ether oxygens (including phenoxy) is 2. The summed E-state index contributed by atoms with van der Waals surface area (Å²) in [6, 6.07) is 0. The van der Waals surface area contributed by atoms with Crippen LogP contribution in [-0.4, -0.2) is 18.9 Å². The average molecular weight is 222 g/mol. The zero-order valence-electron chi connectivity index (χ0n) is 9.43. The highest BCUT2D eigenvalue weighted by Gasteiger charge is 2.41. The SMILES string of the molecule is O=C(O[C@H]1CCCCO1)[C@@H]1C[C@H]2C=C[C@@H]1C2. The molecule has 1 heterocycles. The largest absolute Gasteiger partial charge is 0.436 e. The van der Waals surface area contributed by atoms with E-state index >= 15 is 0 Å². The van der Waals surface area contributed by atoms with Crippen molar-refractivity contribution >= 4 is 5.97 Å². The molecule has 16 heavy (non-hydrogen) atoms. The Morgan fingerprint density at radius 1 is 1.25 bits per heavy atom. The van der Waals surface area contributed by atoms with Crippen molar-refractivity contribution in [1.29, 1.82) is 0 Å². The fourth-order valence-electron chi connectivity index (χ4n) is 3.07. The molecule has 3 aliphatic rings. The van der Waals surface area contributed by atoms with E-state index in [4.69, 9.17) is 9.47 Å². The van der Waals surface area contributed by atoms with Crippen LogP contribution in [0.1, 0.15) is 32.1 Å². The van der Waals surface area contributed by atoms with E-state index in [-0.39, 0.29) is 18.2 Å². The second-order valence-electron chi connectivity index (χ2n) is 5.12. The standard InChI is InChI=1S/C13H18O3/c14-13(16-12-3-1-2-6-15-12)11-8-9-4-5-10(11)7-9/h4-5,9-12H,1-3,6-8H2/t9-,10+,11+,12-/m0/s1. The van der Waals surface area contributed by atoms with Crippen LogP contribution in [0.4, 0.5) is 0 Å². The number of allylic oxidation sites excluding steroid dienone is 2. The van der Waals surface area contributed by atoms with Gasteiger partial charge in [0.25, 0.3) is 0 Å². The second kappa shape index (κ2) is 4.21. The van der Waals surface area contributed by atoms with Gasteiger partial charge >= 0.3 is 5.97 Å². The zero-order valence-corrected chi connectivity index (χ0v) is 9.43. The lowest BCUT2D eigenvalue weighted by molar-refractivity contribution is -0.191. The lowest BCUT2D eigenvalue weighted by Crippen LogP contribution is -2.30. The number of fused-ring (bicyclic) bond motifs is 2. The first-order chi connectivity index (χ1) is 7.83. The van der Waals surface area contributed by atoms with Gasteiger partial charge in [-0.3, -0.25) is 4.79 Å². The zero-order chi connectivity index (χ0) is 11.0. The first-order valence-corrected chi connectivity index (χ1v) is 6.33. The molecule has 0 unspecified atom stereocenters. The minimum absolute atomic E-state index is 0.0382. The monoisotopic (exact) mass is 222 g/mol. The lowest BCUT2D eigenvalue weighted by atomic mass is 9.94. The Bertz CT molecular complexity index is 304. The van der Waals surface area contributed by atoms with Gasteiger partial charge in [0, 0.05) is 6.42 Å². The van der Waals surface area contributed by atoms with E-state index < -0.39 is 0 Å². The number of hydrogen-bond acceptors (Lipinski definition) is 3. The Morgan fingerprint density at radius 2 is 2.19 bits per heavy atom. The van der Waals surface area contributed by atoms with Gasteiger partial charge in [-0.1, -0.05) is 12.2 Å². The first kappa shape index (κ1) is 10.3. The summed E-state index contributed by atoms with van der Waals surface area (Å²) in [7, 11) is 0. The van der Waals surface area contributed by atoms with E-state index in [0.717, 1.165) is 38.7 Å². The molecule has 0 aromatic rings. The predicted molar refractivity (Wildman–Crippen MR) is 58.5 cm³/mol. The van der Waals surface area contributed by atoms with Gasteiger partial charge in [0.15, 0.2) is 0 Å². The van der Waals surface area contributed by atoms with E-state index in [1.54, 1.807) is 0 Å². The van der Waals surface area contributed by atoms with Crippen molar-refractivity contribution in [2.24, 2.45) is 17.8 Å². The Balaban J connectivity index is 1.55. The van der Waals surface area contributed by atoms with Gasteiger partial charge in [0.1, 0.15) is 0 Å². The number of rotatable bonds is 2. The Kier molecular flexibility index (Phi) is 2.72. The third kappa shape index (κ3) is 1.88. The van der Waals surface area contributed by atoms with Crippen LogP contribution in [0.5, 0.6) is 0 Å². The Hall–Kier alpha value is -0.830. The molecular weight excluding hydrogens is 204 g/mol. The van der Waals surface area contributed by atoms with Crippen molar-refractivity contribution < 1.29 is 14.3 Å². The number of carbonyl (C=O) groups is 1. The molecule has 1 saturated carbocycles. The van der Waals surface area contributed by atoms with E-state index in [1.807, 2.05) is 0 Å². The van der Waals surface area contributed by atoms with Crippen LogP contribution in [0, 0.1) is 17.8 Å². The highest BCUT2D eigenvalue weighted by atomic mass is 16.7. The van der Waals surface area contributed by atoms with Gasteiger partial charge < -0.3 is 9.47 Å². The van der Waals surface area contributed by atoms with Crippen molar-refractivity contribution in [3.8, 4) is 0 Å². The van der Waals surface area contributed by atoms with Crippen molar-refractivity contribution in [2.45, 2.75) is 38.4 Å². The smallest absolute Gasteiger partial charge is 0.311 e. The van der Waals surface area contributed by atoms with E-state index in [0.29, 0.717) is 11.8 Å². The number of hydrogen-bond donors (Lipinski definition) is 0. The minimum atomic E-state index is -0.274. The summed E-state index contributed by atoms with van der Waals surface area (Å²) in [6.07, 6.45) is 9.33. The van der Waals surface area contributed by atoms with Crippen LogP contribution in [0.2, 0.25) is 0 Å². The maximum absolute atomic E-state index is 12.0. The van der Waals surface area contributed by atoms with Crippen LogP contribution < -0.4 is 0 Å². The van der Waals surface area contributed by atoms with Crippen LogP contribution in [0.25, 0.3) is 0 Å². The van der Waals surface area contributed by atoms with Crippen molar-refractivity contribution in [3.05, 3.63) is 12.2 Å². The summed E-state index contributed by atoms with van der Waals surface area (Å²) < 4.78 is 10.9. The van der Waals surface area contributed by atoms with Crippen molar-refractivity contribution in [2.75, 3.05) is 6.61 Å². The summed E-state index contributed by atoms with van der Waals surface area (Å²) in [5.41, 5.74) is 0. The fraction of sp³-hybridized carbons (Fsp3) is 0.769. The van der Waals surface area contributed by atoms with Gasteiger partial charge in [-0.15, -0.1) is 0 Å². The lowest BCUT2D eigenvalue weighted by Gasteiger charge is -2.25. The summed E-state index contributed by atoms with van der Waals surface area (Å²) in [6.45, 7) is 0.731. The van der Waals surface area contributed by atoms with Gasteiger partial charge in [-0.05, 0) is 37.5 Å². The molecule has 0 radical (unpaired) electrons. The molecule has 3 nitrogen and oxygen atoms in total. The van der Waals surface area contributed by atoms with Crippen LogP contribution in [0.3, 0.4) is 0 Å². The van der Waals surface area contributed by atoms with Gasteiger partial charge in [0.2, 0.25) is 6.29 Å². The number of esters is 1. The van der Waals surface area contributed by atoms with Crippen molar-refractivity contribution in [1.82, 2.24) is 0 Å². The molecule has 2 aliphatic carbocycles. The van der Waals surface area contributed by atoms with Gasteiger partial charge in [-0.2, -0.15) is 0 Å². The molecule has 2 fully saturated rings. The molecule has 0 spiro atoms. The van der Waals surface area contributed by atoms with Crippen LogP contribution >= 0.6 is 0 Å². The molecule has 0 aromatic heterocycles. The molecule has 2 bridgehead atoms. The van der Waals surface area contributed by atoms with Gasteiger partial charge in [0.05, 0.1) is 12.5 Å². The van der Waals surface area contributed by atoms with E-state index in [9.17, 15) is 4.79 Å². The molecule has 0 N–H and O–H groups in total. The maximum atomic E-state index is 12.0. The molecule has 3 heteroatoms. The molecule has 4 atom stereocenters. The molecule has 3 rings (SSSR count). The molecule has 1 aliphatic heterocycles. The summed E-state index contributed by atoms with van der Waals surface area (Å²) in [5, 5.41) is 0. The second-order valence-corrected chi connectivity index (χ2v) is 5.12. The third-order valence-corrected chi connectivity index (χ3v) is 3.97. The highest BCUT2D eigenvalue weighted by molar-refractivity contribution is 5.74. The first-order valence-electron chi connectivity index (χ1n) is 6.33. The summed E-state index contributed by atoms with van der Waals surface area (Å²) in [4.78, 5) is 12.0. The Labute approximate surface area is 95.8 Å².